The molecular formula is C26H29FN2O3. The lowest BCUT2D eigenvalue weighted by Crippen LogP contribution is -2.50. The normalized spacial score (nSPS) is 12.3. The van der Waals surface area contributed by atoms with E-state index in [0.717, 1.165) is 5.56 Å². The number of hydrogen-bond acceptors (Lipinski definition) is 3. The van der Waals surface area contributed by atoms with E-state index in [1.54, 1.807) is 19.1 Å². The molecule has 3 aromatic rings. The molecule has 168 valence electrons. The Morgan fingerprint density at radius 2 is 1.78 bits per heavy atom. The molecular weight excluding hydrogens is 407 g/mol. The van der Waals surface area contributed by atoms with Gasteiger partial charge in [0, 0.05) is 11.2 Å². The molecule has 0 aliphatic rings. The van der Waals surface area contributed by atoms with Crippen LogP contribution in [0.15, 0.2) is 65.3 Å². The van der Waals surface area contributed by atoms with Gasteiger partial charge >= 0.3 is 0 Å². The largest absolute Gasteiger partial charge is 0.469 e. The van der Waals surface area contributed by atoms with E-state index >= 15 is 0 Å². The third-order valence-electron chi connectivity index (χ3n) is 5.63. The summed E-state index contributed by atoms with van der Waals surface area (Å²) in [5, 5.41) is 3.05. The summed E-state index contributed by atoms with van der Waals surface area (Å²) in [5.41, 5.74) is 1.89. The van der Waals surface area contributed by atoms with Crippen molar-refractivity contribution in [1.82, 2.24) is 5.32 Å². The molecule has 1 heterocycles. The lowest BCUT2D eigenvalue weighted by Gasteiger charge is -2.34. The van der Waals surface area contributed by atoms with Gasteiger partial charge in [0.15, 0.2) is 0 Å². The van der Waals surface area contributed by atoms with Gasteiger partial charge < -0.3 is 9.73 Å². The first-order valence-corrected chi connectivity index (χ1v) is 10.6. The second-order valence-corrected chi connectivity index (χ2v) is 8.59. The van der Waals surface area contributed by atoms with Gasteiger partial charge in [-0.2, -0.15) is 0 Å². The summed E-state index contributed by atoms with van der Waals surface area (Å²) in [7, 11) is 0. The molecule has 5 nitrogen and oxygen atoms in total. The number of rotatable bonds is 7. The van der Waals surface area contributed by atoms with E-state index in [-0.39, 0.29) is 11.8 Å². The Bertz CT molecular complexity index is 1100. The number of nitrogens with zero attached hydrogens (tertiary/aromatic N) is 1. The van der Waals surface area contributed by atoms with Crippen molar-refractivity contribution in [2.45, 2.75) is 52.6 Å². The van der Waals surface area contributed by atoms with Gasteiger partial charge in [-0.05, 0) is 75.6 Å². The Balaban J connectivity index is 2.20. The van der Waals surface area contributed by atoms with Crippen LogP contribution in [0.2, 0.25) is 0 Å². The van der Waals surface area contributed by atoms with E-state index in [1.807, 2.05) is 45.9 Å². The molecule has 1 atom stereocenters. The van der Waals surface area contributed by atoms with E-state index in [4.69, 9.17) is 4.42 Å². The highest BCUT2D eigenvalue weighted by Crippen LogP contribution is 2.32. The highest BCUT2D eigenvalue weighted by Gasteiger charge is 2.36. The lowest BCUT2D eigenvalue weighted by molar-refractivity contribution is -0.124. The molecule has 0 radical (unpaired) electrons. The number of halogens is 1. The third kappa shape index (κ3) is 5.07. The van der Waals surface area contributed by atoms with Gasteiger partial charge in [0.05, 0.1) is 11.8 Å². The summed E-state index contributed by atoms with van der Waals surface area (Å²) in [5.74, 6) is -0.680. The Labute approximate surface area is 188 Å². The first-order valence-electron chi connectivity index (χ1n) is 10.6. The standard InChI is InChI=1S/C26H29FN2O3/c1-6-26(4,5)28-24(30)23(19-10-12-20(27)13-11-19)29(21-9-7-8-17(2)16-21)25(31)22-14-15-32-18(22)3/h7-16,23H,6H2,1-5H3,(H,28,30)/t23-/m0/s1. The highest BCUT2D eigenvalue weighted by molar-refractivity contribution is 6.10. The molecule has 0 aliphatic heterocycles. The van der Waals surface area contributed by atoms with Crippen molar-refractivity contribution >= 4 is 17.5 Å². The van der Waals surface area contributed by atoms with Crippen LogP contribution in [0.4, 0.5) is 10.1 Å². The van der Waals surface area contributed by atoms with Gasteiger partial charge in [-0.25, -0.2) is 4.39 Å². The maximum Gasteiger partial charge on any atom is 0.262 e. The molecule has 6 heteroatoms. The number of amides is 2. The summed E-state index contributed by atoms with van der Waals surface area (Å²) in [6.45, 7) is 9.44. The number of hydrogen-bond donors (Lipinski definition) is 1. The van der Waals surface area contributed by atoms with Crippen molar-refractivity contribution in [1.29, 1.82) is 0 Å². The zero-order valence-corrected chi connectivity index (χ0v) is 19.1. The van der Waals surface area contributed by atoms with Crippen LogP contribution in [0.3, 0.4) is 0 Å². The highest BCUT2D eigenvalue weighted by atomic mass is 19.1. The first-order chi connectivity index (χ1) is 15.1. The van der Waals surface area contributed by atoms with Crippen molar-refractivity contribution in [2.75, 3.05) is 4.90 Å². The van der Waals surface area contributed by atoms with Crippen molar-refractivity contribution < 1.29 is 18.4 Å². The van der Waals surface area contributed by atoms with Crippen molar-refractivity contribution in [2.24, 2.45) is 0 Å². The average molecular weight is 437 g/mol. The van der Waals surface area contributed by atoms with Crippen LogP contribution in [-0.4, -0.2) is 17.4 Å². The van der Waals surface area contributed by atoms with Gasteiger partial charge in [0.1, 0.15) is 17.6 Å². The summed E-state index contributed by atoms with van der Waals surface area (Å²) in [4.78, 5) is 28.9. The Kier molecular flexibility index (Phi) is 6.82. The molecule has 1 N–H and O–H groups in total. The summed E-state index contributed by atoms with van der Waals surface area (Å²) >= 11 is 0. The van der Waals surface area contributed by atoms with E-state index in [1.165, 1.54) is 35.4 Å². The number of nitrogens with one attached hydrogen (secondary N) is 1. The van der Waals surface area contributed by atoms with Crippen molar-refractivity contribution in [3.63, 3.8) is 0 Å². The third-order valence-corrected chi connectivity index (χ3v) is 5.63. The SMILES string of the molecule is CCC(C)(C)NC(=O)[C@H](c1ccc(F)cc1)N(C(=O)c1ccoc1C)c1cccc(C)c1. The fourth-order valence-electron chi connectivity index (χ4n) is 3.45. The van der Waals surface area contributed by atoms with E-state index in [9.17, 15) is 14.0 Å². The van der Waals surface area contributed by atoms with E-state index < -0.39 is 17.4 Å². The lowest BCUT2D eigenvalue weighted by atomic mass is 9.97. The number of benzene rings is 2. The zero-order valence-electron chi connectivity index (χ0n) is 19.1. The van der Waals surface area contributed by atoms with Crippen LogP contribution in [0, 0.1) is 19.7 Å². The van der Waals surface area contributed by atoms with Crippen LogP contribution in [-0.2, 0) is 4.79 Å². The fourth-order valence-corrected chi connectivity index (χ4v) is 3.45. The van der Waals surface area contributed by atoms with Crippen LogP contribution < -0.4 is 10.2 Å². The number of carbonyl (C=O) groups excluding carboxylic acids is 2. The maximum atomic E-state index is 13.8. The second-order valence-electron chi connectivity index (χ2n) is 8.59. The van der Waals surface area contributed by atoms with Gasteiger partial charge in [0.2, 0.25) is 5.91 Å². The molecule has 2 aromatic carbocycles. The Morgan fingerprint density at radius 3 is 2.34 bits per heavy atom. The van der Waals surface area contributed by atoms with E-state index in [0.29, 0.717) is 29.0 Å². The number of furan rings is 1. The van der Waals surface area contributed by atoms with Crippen LogP contribution >= 0.6 is 0 Å². The van der Waals surface area contributed by atoms with Gasteiger partial charge in [-0.1, -0.05) is 31.2 Å². The molecule has 0 fully saturated rings. The van der Waals surface area contributed by atoms with Gasteiger partial charge in [-0.15, -0.1) is 0 Å². The molecule has 2 amide bonds. The minimum atomic E-state index is -1.01. The average Bonchev–Trinajstić information content (AvgIpc) is 3.18. The summed E-state index contributed by atoms with van der Waals surface area (Å²) in [6, 6.07) is 13.6. The number of carbonyl (C=O) groups is 2. The zero-order chi connectivity index (χ0) is 23.5. The topological polar surface area (TPSA) is 62.6 Å². The summed E-state index contributed by atoms with van der Waals surface area (Å²) in [6.07, 6.45) is 2.15. The monoisotopic (exact) mass is 436 g/mol. The maximum absolute atomic E-state index is 13.8. The van der Waals surface area contributed by atoms with Crippen molar-refractivity contribution in [3.8, 4) is 0 Å². The Hall–Kier alpha value is -3.41. The molecule has 32 heavy (non-hydrogen) atoms. The molecule has 1 aromatic heterocycles. The minimum Gasteiger partial charge on any atom is -0.469 e. The molecule has 0 spiro atoms. The van der Waals surface area contributed by atoms with Crippen LogP contribution in [0.5, 0.6) is 0 Å². The molecule has 3 rings (SSSR count). The molecule has 0 bridgehead atoms. The minimum absolute atomic E-state index is 0.348. The summed E-state index contributed by atoms with van der Waals surface area (Å²) < 4.78 is 19.1. The predicted octanol–water partition coefficient (Wildman–Crippen LogP) is 5.73. The first kappa shape index (κ1) is 23.3. The molecule has 0 saturated carbocycles. The molecule has 0 aliphatic carbocycles. The quantitative estimate of drug-likeness (QED) is 0.515. The van der Waals surface area contributed by atoms with E-state index in [2.05, 4.69) is 5.32 Å². The molecule has 0 unspecified atom stereocenters. The predicted molar refractivity (Wildman–Crippen MR) is 123 cm³/mol. The van der Waals surface area contributed by atoms with Gasteiger partial charge in [0.25, 0.3) is 5.91 Å². The second kappa shape index (κ2) is 9.39. The van der Waals surface area contributed by atoms with Crippen LogP contribution in [0.1, 0.15) is 60.5 Å². The van der Waals surface area contributed by atoms with Crippen LogP contribution in [0.25, 0.3) is 0 Å². The Morgan fingerprint density at radius 1 is 1.09 bits per heavy atom. The van der Waals surface area contributed by atoms with Gasteiger partial charge in [-0.3, -0.25) is 14.5 Å². The smallest absolute Gasteiger partial charge is 0.262 e. The fraction of sp³-hybridized carbons (Fsp3) is 0.308. The number of anilines is 1. The molecule has 0 saturated heterocycles. The van der Waals surface area contributed by atoms with Crippen molar-refractivity contribution in [3.05, 3.63) is 89.1 Å². The number of aryl methyl sites for hydroxylation is 2.